The Morgan fingerprint density at radius 2 is 1.86 bits per heavy atom. The number of piperidine rings is 1. The molecule has 0 spiro atoms. The first-order valence-electron chi connectivity index (χ1n) is 9.99. The quantitative estimate of drug-likeness (QED) is 0.641. The second-order valence-electron chi connectivity index (χ2n) is 7.67. The van der Waals surface area contributed by atoms with Crippen molar-refractivity contribution in [2.75, 3.05) is 27.2 Å². The van der Waals surface area contributed by atoms with Crippen LogP contribution in [0.25, 0.3) is 5.69 Å². The van der Waals surface area contributed by atoms with E-state index < -0.39 is 0 Å². The van der Waals surface area contributed by atoms with Gasteiger partial charge in [-0.2, -0.15) is 5.10 Å². The smallest absolute Gasteiger partial charge is 0.350 e. The van der Waals surface area contributed by atoms with Gasteiger partial charge in [0.05, 0.1) is 12.8 Å². The van der Waals surface area contributed by atoms with E-state index in [2.05, 4.69) is 21.8 Å². The van der Waals surface area contributed by atoms with E-state index in [4.69, 9.17) is 0 Å². The number of methoxy groups -OCH3 is 1. The van der Waals surface area contributed by atoms with Crippen LogP contribution in [0.2, 0.25) is 0 Å². The first-order chi connectivity index (χ1) is 13.5. The van der Waals surface area contributed by atoms with Crippen molar-refractivity contribution in [1.82, 2.24) is 19.2 Å². The van der Waals surface area contributed by atoms with Gasteiger partial charge >= 0.3 is 11.7 Å². The number of benzene rings is 1. The monoisotopic (exact) mass is 422 g/mol. The molecule has 0 N–H and O–H groups in total. The van der Waals surface area contributed by atoms with E-state index in [1.807, 2.05) is 31.2 Å². The second kappa shape index (κ2) is 10.6. The molecule has 0 saturated carbocycles. The largest absolute Gasteiger partial charge is 0.469 e. The Balaban J connectivity index is 0.00000300. The highest BCUT2D eigenvalue weighted by Crippen LogP contribution is 2.20. The molecule has 0 radical (unpaired) electrons. The normalized spacial score (nSPS) is 15.1. The molecule has 1 aliphatic rings. The number of esters is 1. The van der Waals surface area contributed by atoms with Gasteiger partial charge in [0.25, 0.3) is 0 Å². The highest BCUT2D eigenvalue weighted by atomic mass is 35.5. The zero-order valence-corrected chi connectivity index (χ0v) is 18.3. The molecule has 1 saturated heterocycles. The molecule has 29 heavy (non-hydrogen) atoms. The van der Waals surface area contributed by atoms with Crippen molar-refractivity contribution in [2.45, 2.75) is 45.6 Å². The van der Waals surface area contributed by atoms with Crippen molar-refractivity contribution in [3.63, 3.8) is 0 Å². The second-order valence-corrected chi connectivity index (χ2v) is 7.67. The lowest BCUT2D eigenvalue weighted by Crippen LogP contribution is -2.31. The molecular weight excluding hydrogens is 392 g/mol. The van der Waals surface area contributed by atoms with Gasteiger partial charge in [0.15, 0.2) is 0 Å². The van der Waals surface area contributed by atoms with Gasteiger partial charge in [0.2, 0.25) is 0 Å². The summed E-state index contributed by atoms with van der Waals surface area (Å²) in [6.07, 6.45) is 4.35. The topological polar surface area (TPSA) is 69.4 Å². The fourth-order valence-electron chi connectivity index (χ4n) is 3.77. The Labute approximate surface area is 178 Å². The van der Waals surface area contributed by atoms with E-state index in [0.29, 0.717) is 31.1 Å². The highest BCUT2D eigenvalue weighted by Gasteiger charge is 2.18. The van der Waals surface area contributed by atoms with E-state index >= 15 is 0 Å². The summed E-state index contributed by atoms with van der Waals surface area (Å²) >= 11 is 0. The van der Waals surface area contributed by atoms with Crippen LogP contribution >= 0.6 is 12.4 Å². The molecule has 1 aliphatic heterocycles. The van der Waals surface area contributed by atoms with Gasteiger partial charge in [-0.15, -0.1) is 12.4 Å². The standard InChI is InChI=1S/C21H30N4O3.ClH/c1-16-22-24(15-12-18-10-13-23(2)14-11-18)21(27)25(16)19-7-4-17(5-8-19)6-9-20(26)28-3;/h4-5,7-8,18H,6,9-15H2,1-3H3;1H. The summed E-state index contributed by atoms with van der Waals surface area (Å²) in [4.78, 5) is 26.5. The van der Waals surface area contributed by atoms with Crippen molar-refractivity contribution in [1.29, 1.82) is 0 Å². The molecule has 2 heterocycles. The molecule has 8 heteroatoms. The molecule has 1 aromatic heterocycles. The maximum atomic E-state index is 12.8. The van der Waals surface area contributed by atoms with Crippen LogP contribution in [0.3, 0.4) is 0 Å². The minimum absolute atomic E-state index is 0. The number of likely N-dealkylation sites (tertiary alicyclic amines) is 1. The first kappa shape index (κ1) is 23.2. The van der Waals surface area contributed by atoms with E-state index in [0.717, 1.165) is 30.8 Å². The summed E-state index contributed by atoms with van der Waals surface area (Å²) in [5.74, 6) is 1.14. The summed E-state index contributed by atoms with van der Waals surface area (Å²) in [6.45, 7) is 4.79. The van der Waals surface area contributed by atoms with E-state index in [1.165, 1.54) is 20.0 Å². The molecule has 1 fully saturated rings. The van der Waals surface area contributed by atoms with Crippen molar-refractivity contribution < 1.29 is 9.53 Å². The number of hydrogen-bond donors (Lipinski definition) is 0. The molecule has 0 amide bonds. The van der Waals surface area contributed by atoms with Crippen LogP contribution in [0.4, 0.5) is 0 Å². The van der Waals surface area contributed by atoms with Crippen LogP contribution in [0.5, 0.6) is 0 Å². The Morgan fingerprint density at radius 1 is 1.21 bits per heavy atom. The van der Waals surface area contributed by atoms with Gasteiger partial charge in [-0.3, -0.25) is 4.79 Å². The Hall–Kier alpha value is -2.12. The van der Waals surface area contributed by atoms with Gasteiger partial charge in [-0.25, -0.2) is 14.0 Å². The predicted molar refractivity (Wildman–Crippen MR) is 115 cm³/mol. The van der Waals surface area contributed by atoms with Crippen molar-refractivity contribution in [3.8, 4) is 5.69 Å². The zero-order chi connectivity index (χ0) is 20.1. The molecule has 0 unspecified atom stereocenters. The van der Waals surface area contributed by atoms with Gasteiger partial charge in [0.1, 0.15) is 5.82 Å². The summed E-state index contributed by atoms with van der Waals surface area (Å²) in [6, 6.07) is 7.70. The average Bonchev–Trinajstić information content (AvgIpc) is 2.99. The maximum absolute atomic E-state index is 12.8. The minimum atomic E-state index is -0.220. The van der Waals surface area contributed by atoms with Gasteiger partial charge in [-0.05, 0) is 76.4 Å². The molecule has 160 valence electrons. The highest BCUT2D eigenvalue weighted by molar-refractivity contribution is 5.85. The number of halogens is 1. The number of rotatable bonds is 7. The Bertz CT molecular complexity index is 852. The molecular formula is C21H31ClN4O3. The number of nitrogens with zero attached hydrogens (tertiary/aromatic N) is 4. The average molecular weight is 423 g/mol. The van der Waals surface area contributed by atoms with Crippen LogP contribution in [0.1, 0.15) is 37.1 Å². The Morgan fingerprint density at radius 3 is 2.48 bits per heavy atom. The van der Waals surface area contributed by atoms with Crippen LogP contribution in [-0.4, -0.2) is 52.5 Å². The molecule has 0 atom stereocenters. The summed E-state index contributed by atoms with van der Waals surface area (Å²) in [5, 5.41) is 4.47. The molecule has 0 aliphatic carbocycles. The first-order valence-corrected chi connectivity index (χ1v) is 9.99. The van der Waals surface area contributed by atoms with Crippen molar-refractivity contribution in [3.05, 3.63) is 46.1 Å². The third kappa shape index (κ3) is 5.93. The Kier molecular flexibility index (Phi) is 8.46. The summed E-state index contributed by atoms with van der Waals surface area (Å²) in [7, 11) is 3.55. The summed E-state index contributed by atoms with van der Waals surface area (Å²) < 4.78 is 7.92. The zero-order valence-electron chi connectivity index (χ0n) is 17.5. The third-order valence-corrected chi connectivity index (χ3v) is 5.63. The SMILES string of the molecule is COC(=O)CCc1ccc(-n2c(C)nn(CCC3CCN(C)CC3)c2=O)cc1.Cl. The van der Waals surface area contributed by atoms with Gasteiger partial charge in [0, 0.05) is 13.0 Å². The number of carbonyl (C=O) groups is 1. The number of carbonyl (C=O) groups excluding carboxylic acids is 1. The fourth-order valence-corrected chi connectivity index (χ4v) is 3.77. The fraction of sp³-hybridized carbons (Fsp3) is 0.571. The van der Waals surface area contributed by atoms with Crippen LogP contribution in [0.15, 0.2) is 29.1 Å². The third-order valence-electron chi connectivity index (χ3n) is 5.63. The number of hydrogen-bond acceptors (Lipinski definition) is 5. The molecule has 1 aromatic carbocycles. The van der Waals surface area contributed by atoms with Crippen LogP contribution < -0.4 is 5.69 Å². The predicted octanol–water partition coefficient (Wildman–Crippen LogP) is 2.60. The lowest BCUT2D eigenvalue weighted by atomic mass is 9.94. The van der Waals surface area contributed by atoms with Crippen molar-refractivity contribution in [2.24, 2.45) is 5.92 Å². The minimum Gasteiger partial charge on any atom is -0.469 e. The van der Waals surface area contributed by atoms with E-state index in [1.54, 1.807) is 9.25 Å². The summed E-state index contributed by atoms with van der Waals surface area (Å²) in [5.41, 5.74) is 1.75. The molecule has 3 rings (SSSR count). The lowest BCUT2D eigenvalue weighted by molar-refractivity contribution is -0.140. The number of aromatic nitrogens is 3. The van der Waals surface area contributed by atoms with Crippen LogP contribution in [-0.2, 0) is 22.5 Å². The van der Waals surface area contributed by atoms with Crippen molar-refractivity contribution >= 4 is 18.4 Å². The number of ether oxygens (including phenoxy) is 1. The van der Waals surface area contributed by atoms with E-state index in [-0.39, 0.29) is 24.1 Å². The molecule has 7 nitrogen and oxygen atoms in total. The molecule has 0 bridgehead atoms. The number of aryl methyl sites for hydroxylation is 3. The van der Waals surface area contributed by atoms with Crippen LogP contribution in [0, 0.1) is 12.8 Å². The lowest BCUT2D eigenvalue weighted by Gasteiger charge is -2.28. The molecule has 2 aromatic rings. The van der Waals surface area contributed by atoms with E-state index in [9.17, 15) is 9.59 Å². The van der Waals surface area contributed by atoms with Gasteiger partial charge < -0.3 is 9.64 Å². The maximum Gasteiger partial charge on any atom is 0.350 e. The van der Waals surface area contributed by atoms with Gasteiger partial charge in [-0.1, -0.05) is 12.1 Å².